The minimum atomic E-state index is -0.937. The summed E-state index contributed by atoms with van der Waals surface area (Å²) in [5.74, 6) is -0.894. The van der Waals surface area contributed by atoms with Crippen LogP contribution in [0.4, 0.5) is 0 Å². The van der Waals surface area contributed by atoms with Crippen molar-refractivity contribution in [2.75, 3.05) is 6.61 Å². The van der Waals surface area contributed by atoms with E-state index in [1.54, 1.807) is 18.2 Å². The van der Waals surface area contributed by atoms with Gasteiger partial charge in [-0.1, -0.05) is 11.6 Å². The predicted octanol–water partition coefficient (Wildman–Crippen LogP) is 1.31. The van der Waals surface area contributed by atoms with Crippen LogP contribution in [0.2, 0.25) is 5.02 Å². The Labute approximate surface area is 115 Å². The summed E-state index contributed by atoms with van der Waals surface area (Å²) >= 11 is 5.90. The van der Waals surface area contributed by atoms with Crippen molar-refractivity contribution >= 4 is 23.5 Å². The van der Waals surface area contributed by atoms with E-state index in [-0.39, 0.29) is 6.61 Å². The second-order valence-corrected chi connectivity index (χ2v) is 4.88. The average molecular weight is 284 g/mol. The molecule has 1 aromatic carbocycles. The van der Waals surface area contributed by atoms with Gasteiger partial charge in [-0.3, -0.25) is 9.59 Å². The van der Waals surface area contributed by atoms with Crippen LogP contribution < -0.4 is 10.5 Å². The number of benzene rings is 1. The van der Waals surface area contributed by atoms with E-state index in [4.69, 9.17) is 26.8 Å². The highest BCUT2D eigenvalue weighted by Gasteiger charge is 2.29. The van der Waals surface area contributed by atoms with E-state index in [0.717, 1.165) is 11.3 Å². The minimum Gasteiger partial charge on any atom is -0.492 e. The monoisotopic (exact) mass is 283 g/mol. The molecule has 1 aliphatic rings. The van der Waals surface area contributed by atoms with Crippen molar-refractivity contribution in [2.24, 2.45) is 11.7 Å². The third-order valence-corrected chi connectivity index (χ3v) is 3.19. The van der Waals surface area contributed by atoms with Gasteiger partial charge in [0.15, 0.2) is 6.10 Å². The quantitative estimate of drug-likeness (QED) is 0.848. The summed E-state index contributed by atoms with van der Waals surface area (Å²) in [6.07, 6.45) is -0.464. The van der Waals surface area contributed by atoms with Crippen molar-refractivity contribution in [3.63, 3.8) is 0 Å². The van der Waals surface area contributed by atoms with Crippen LogP contribution in [-0.2, 0) is 20.7 Å². The van der Waals surface area contributed by atoms with Gasteiger partial charge in [0.25, 0.3) is 5.91 Å². The molecule has 0 bridgehead atoms. The highest BCUT2D eigenvalue weighted by atomic mass is 35.5. The molecule has 0 aliphatic carbocycles. The summed E-state index contributed by atoms with van der Waals surface area (Å²) in [5.41, 5.74) is 5.90. The van der Waals surface area contributed by atoms with Crippen molar-refractivity contribution < 1.29 is 19.1 Å². The van der Waals surface area contributed by atoms with Crippen LogP contribution in [0.3, 0.4) is 0 Å². The lowest BCUT2D eigenvalue weighted by Gasteiger charge is -2.24. The lowest BCUT2D eigenvalue weighted by molar-refractivity contribution is -0.159. The molecule has 1 heterocycles. The van der Waals surface area contributed by atoms with Crippen molar-refractivity contribution in [1.82, 2.24) is 0 Å². The van der Waals surface area contributed by atoms with Gasteiger partial charge in [-0.25, -0.2) is 0 Å². The standard InChI is InChI=1S/C13H14ClNO4/c1-7(12(15)16)19-13(17)9-4-8-5-10(14)2-3-11(8)18-6-9/h2-3,5,7,9H,4,6H2,1H3,(H2,15,16). The van der Waals surface area contributed by atoms with Gasteiger partial charge >= 0.3 is 5.97 Å². The largest absolute Gasteiger partial charge is 0.492 e. The Balaban J connectivity index is 2.05. The number of fused-ring (bicyclic) bond motifs is 1. The van der Waals surface area contributed by atoms with Crippen molar-refractivity contribution in [3.05, 3.63) is 28.8 Å². The van der Waals surface area contributed by atoms with Gasteiger partial charge in [0.2, 0.25) is 0 Å². The van der Waals surface area contributed by atoms with Crippen molar-refractivity contribution in [3.8, 4) is 5.75 Å². The number of hydrogen-bond acceptors (Lipinski definition) is 4. The lowest BCUT2D eigenvalue weighted by atomic mass is 9.97. The Kier molecular flexibility index (Phi) is 3.95. The van der Waals surface area contributed by atoms with Gasteiger partial charge in [0.05, 0.1) is 5.92 Å². The number of carbonyl (C=O) groups excluding carboxylic acids is 2. The fraction of sp³-hybridized carbons (Fsp3) is 0.385. The van der Waals surface area contributed by atoms with Gasteiger partial charge in [-0.05, 0) is 37.1 Å². The number of carbonyl (C=O) groups is 2. The number of amides is 1. The van der Waals surface area contributed by atoms with E-state index in [2.05, 4.69) is 0 Å². The summed E-state index contributed by atoms with van der Waals surface area (Å²) < 4.78 is 10.4. The number of nitrogens with two attached hydrogens (primary N) is 1. The van der Waals surface area contributed by atoms with Crippen LogP contribution in [0.5, 0.6) is 5.75 Å². The summed E-state index contributed by atoms with van der Waals surface area (Å²) in [4.78, 5) is 22.7. The van der Waals surface area contributed by atoms with Gasteiger partial charge in [-0.15, -0.1) is 0 Å². The maximum Gasteiger partial charge on any atom is 0.313 e. The SMILES string of the molecule is CC(OC(=O)C1COc2ccc(Cl)cc2C1)C(N)=O. The molecule has 19 heavy (non-hydrogen) atoms. The molecule has 2 atom stereocenters. The second kappa shape index (κ2) is 5.48. The van der Waals surface area contributed by atoms with E-state index in [1.807, 2.05) is 0 Å². The van der Waals surface area contributed by atoms with Crippen LogP contribution >= 0.6 is 11.6 Å². The molecule has 102 valence electrons. The molecule has 0 spiro atoms. The molecule has 1 aromatic rings. The first-order valence-corrected chi connectivity index (χ1v) is 6.26. The Bertz CT molecular complexity index is 517. The van der Waals surface area contributed by atoms with E-state index in [1.165, 1.54) is 6.92 Å². The highest BCUT2D eigenvalue weighted by molar-refractivity contribution is 6.30. The number of esters is 1. The van der Waals surface area contributed by atoms with E-state index >= 15 is 0 Å². The molecule has 5 nitrogen and oxygen atoms in total. The topological polar surface area (TPSA) is 78.6 Å². The number of ether oxygens (including phenoxy) is 2. The molecule has 0 aromatic heterocycles. The zero-order valence-corrected chi connectivity index (χ0v) is 11.1. The zero-order chi connectivity index (χ0) is 14.0. The molecule has 0 saturated heterocycles. The number of hydrogen-bond donors (Lipinski definition) is 1. The molecule has 6 heteroatoms. The van der Waals surface area contributed by atoms with Gasteiger partial charge in [-0.2, -0.15) is 0 Å². The summed E-state index contributed by atoms with van der Waals surface area (Å²) in [7, 11) is 0. The van der Waals surface area contributed by atoms with Gasteiger partial charge in [0, 0.05) is 5.02 Å². The van der Waals surface area contributed by atoms with Crippen LogP contribution in [0.25, 0.3) is 0 Å². The van der Waals surface area contributed by atoms with Crippen LogP contribution in [-0.4, -0.2) is 24.6 Å². The van der Waals surface area contributed by atoms with Gasteiger partial charge < -0.3 is 15.2 Å². The maximum absolute atomic E-state index is 11.9. The molecule has 0 radical (unpaired) electrons. The number of rotatable bonds is 3. The fourth-order valence-corrected chi connectivity index (χ4v) is 2.04. The average Bonchev–Trinajstić information content (AvgIpc) is 2.37. The Morgan fingerprint density at radius 3 is 2.95 bits per heavy atom. The molecular weight excluding hydrogens is 270 g/mol. The van der Waals surface area contributed by atoms with E-state index in [0.29, 0.717) is 11.4 Å². The normalized spacial score (nSPS) is 18.9. The molecular formula is C13H14ClNO4. The lowest BCUT2D eigenvalue weighted by Crippen LogP contribution is -2.36. The zero-order valence-electron chi connectivity index (χ0n) is 10.4. The Morgan fingerprint density at radius 1 is 1.53 bits per heavy atom. The van der Waals surface area contributed by atoms with Crippen LogP contribution in [0.15, 0.2) is 18.2 Å². The van der Waals surface area contributed by atoms with Crippen molar-refractivity contribution in [2.45, 2.75) is 19.4 Å². The number of primary amides is 1. The molecule has 2 unspecified atom stereocenters. The van der Waals surface area contributed by atoms with Gasteiger partial charge in [0.1, 0.15) is 12.4 Å². The smallest absolute Gasteiger partial charge is 0.313 e. The highest BCUT2D eigenvalue weighted by Crippen LogP contribution is 2.30. The van der Waals surface area contributed by atoms with Crippen LogP contribution in [0.1, 0.15) is 12.5 Å². The third-order valence-electron chi connectivity index (χ3n) is 2.96. The third kappa shape index (κ3) is 3.17. The minimum absolute atomic E-state index is 0.221. The molecule has 2 rings (SSSR count). The first-order chi connectivity index (χ1) is 8.97. The fourth-order valence-electron chi connectivity index (χ4n) is 1.84. The predicted molar refractivity (Wildman–Crippen MR) is 68.9 cm³/mol. The second-order valence-electron chi connectivity index (χ2n) is 4.45. The molecule has 1 aliphatic heterocycles. The Hall–Kier alpha value is -1.75. The van der Waals surface area contributed by atoms with Crippen molar-refractivity contribution in [1.29, 1.82) is 0 Å². The summed E-state index contributed by atoms with van der Waals surface area (Å²) in [5, 5.41) is 0.585. The summed E-state index contributed by atoms with van der Waals surface area (Å²) in [6.45, 7) is 1.66. The first kappa shape index (κ1) is 13.7. The Morgan fingerprint density at radius 2 is 2.26 bits per heavy atom. The van der Waals surface area contributed by atoms with Crippen LogP contribution in [0, 0.1) is 5.92 Å². The summed E-state index contributed by atoms with van der Waals surface area (Å²) in [6, 6.07) is 5.26. The molecule has 0 fully saturated rings. The van der Waals surface area contributed by atoms with E-state index < -0.39 is 23.9 Å². The van der Waals surface area contributed by atoms with E-state index in [9.17, 15) is 9.59 Å². The molecule has 1 amide bonds. The molecule has 2 N–H and O–H groups in total. The molecule has 0 saturated carbocycles. The number of halogens is 1. The first-order valence-electron chi connectivity index (χ1n) is 5.88. The maximum atomic E-state index is 11.9.